The summed E-state index contributed by atoms with van der Waals surface area (Å²) in [7, 11) is 5.75. The van der Waals surface area contributed by atoms with Crippen molar-refractivity contribution in [3.8, 4) is 0 Å². The molecule has 0 aromatic carbocycles. The normalized spacial score (nSPS) is 10.5. The van der Waals surface area contributed by atoms with Crippen molar-refractivity contribution in [2.75, 3.05) is 13.1 Å². The highest BCUT2D eigenvalue weighted by atomic mass is 79.9. The van der Waals surface area contributed by atoms with E-state index in [2.05, 4.69) is 58.1 Å². The molecule has 0 aliphatic rings. The van der Waals surface area contributed by atoms with Crippen molar-refractivity contribution in [2.45, 2.75) is 45.7 Å². The van der Waals surface area contributed by atoms with Gasteiger partial charge in [-0.25, -0.2) is 39.5 Å². The van der Waals surface area contributed by atoms with Gasteiger partial charge in [-0.3, -0.25) is 37.4 Å². The Kier molecular flexibility index (Phi) is 19.6. The fourth-order valence-electron chi connectivity index (χ4n) is 5.37. The molecule has 0 saturated heterocycles. The number of carbonyl (C=O) groups excluding carboxylic acids is 1. The first kappa shape index (κ1) is 49.9. The SMILES string of the molecule is Brc1nccs1.CCCc1nccs1.Cn1c(=O)c2c(ncn2CC(=O)NCCc2nccs2)n(C)c1=O.Cn1c(=O)c2c(ncn2CC(=O)O)n(C)c1=O.NCCc1nccs1. The van der Waals surface area contributed by atoms with Crippen molar-refractivity contribution in [1.82, 2.24) is 62.6 Å². The number of hydrogen-bond donors (Lipinski definition) is 3. The molecular weight excluding hydrogens is 961 g/mol. The number of thiazole rings is 4. The molecule has 8 aromatic rings. The smallest absolute Gasteiger partial charge is 0.332 e. The van der Waals surface area contributed by atoms with Crippen molar-refractivity contribution < 1.29 is 14.7 Å². The van der Waals surface area contributed by atoms with Crippen LogP contribution in [0.5, 0.6) is 0 Å². The second-order valence-electron chi connectivity index (χ2n) is 12.8. The topological polar surface area (TPSA) is 268 Å². The third kappa shape index (κ3) is 14.1. The Morgan fingerprint density at radius 1 is 0.651 bits per heavy atom. The Bertz CT molecular complexity index is 2860. The third-order valence-electron chi connectivity index (χ3n) is 8.39. The molecule has 21 nitrogen and oxygen atoms in total. The number of nitrogens with two attached hydrogens (primary N) is 1. The number of aromatic nitrogens is 12. The van der Waals surface area contributed by atoms with E-state index in [-0.39, 0.29) is 41.3 Å². The van der Waals surface area contributed by atoms with Crippen molar-refractivity contribution in [2.24, 2.45) is 33.9 Å². The molecule has 0 bridgehead atoms. The highest BCUT2D eigenvalue weighted by molar-refractivity contribution is 9.11. The number of halogens is 1. The van der Waals surface area contributed by atoms with Crippen LogP contribution < -0.4 is 33.5 Å². The number of aliphatic carboxylic acids is 1. The van der Waals surface area contributed by atoms with Gasteiger partial charge in [0.05, 0.1) is 27.7 Å². The first-order valence-electron chi connectivity index (χ1n) is 18.8. The van der Waals surface area contributed by atoms with E-state index < -0.39 is 28.5 Å². The average Bonchev–Trinajstić information content (AvgIpc) is 4.12. The van der Waals surface area contributed by atoms with E-state index in [9.17, 15) is 28.8 Å². The van der Waals surface area contributed by atoms with Gasteiger partial charge in [-0.15, -0.1) is 45.3 Å². The molecule has 0 atom stereocenters. The Hall–Kier alpha value is -5.80. The van der Waals surface area contributed by atoms with Crippen LogP contribution in [-0.4, -0.2) is 87.4 Å². The van der Waals surface area contributed by atoms with Crippen LogP contribution >= 0.6 is 61.3 Å². The monoisotopic (exact) mass is 1000 g/mol. The van der Waals surface area contributed by atoms with Gasteiger partial charge in [0, 0.05) is 93.9 Å². The summed E-state index contributed by atoms with van der Waals surface area (Å²) < 4.78 is 8.02. The lowest BCUT2D eigenvalue weighted by Crippen LogP contribution is -2.38. The van der Waals surface area contributed by atoms with Gasteiger partial charge in [-0.1, -0.05) is 6.92 Å². The van der Waals surface area contributed by atoms with Crippen molar-refractivity contribution in [3.05, 3.63) is 120 Å². The minimum atomic E-state index is -1.08. The summed E-state index contributed by atoms with van der Waals surface area (Å²) in [5.74, 6) is -1.32. The number of fused-ring (bicyclic) bond motifs is 2. The van der Waals surface area contributed by atoms with E-state index in [0.717, 1.165) is 35.9 Å². The van der Waals surface area contributed by atoms with Gasteiger partial charge in [0.25, 0.3) is 11.1 Å². The van der Waals surface area contributed by atoms with Crippen molar-refractivity contribution in [3.63, 3.8) is 0 Å². The van der Waals surface area contributed by atoms with Gasteiger partial charge in [-0.05, 0) is 35.3 Å². The number of nitrogens with one attached hydrogen (secondary N) is 1. The van der Waals surface area contributed by atoms with Gasteiger partial charge in [0.1, 0.15) is 13.1 Å². The molecular formula is C37H45BrN14O7S4. The summed E-state index contributed by atoms with van der Waals surface area (Å²) in [4.78, 5) is 94.5. The van der Waals surface area contributed by atoms with E-state index in [4.69, 9.17) is 10.8 Å². The average molecular weight is 1010 g/mol. The van der Waals surface area contributed by atoms with Gasteiger partial charge >= 0.3 is 17.3 Å². The summed E-state index contributed by atoms with van der Waals surface area (Å²) in [6, 6.07) is 0. The van der Waals surface area contributed by atoms with Crippen LogP contribution in [0.1, 0.15) is 28.4 Å². The molecule has 0 aliphatic heterocycles. The zero-order valence-electron chi connectivity index (χ0n) is 34.8. The van der Waals surface area contributed by atoms with Crippen molar-refractivity contribution in [1.29, 1.82) is 0 Å². The molecule has 0 unspecified atom stereocenters. The van der Waals surface area contributed by atoms with Crippen LogP contribution in [-0.2, 0) is 70.1 Å². The molecule has 0 aliphatic carbocycles. The van der Waals surface area contributed by atoms with E-state index >= 15 is 0 Å². The first-order chi connectivity index (χ1) is 30.2. The van der Waals surface area contributed by atoms with E-state index in [1.54, 1.807) is 52.6 Å². The molecule has 8 heterocycles. The Morgan fingerprint density at radius 2 is 1.10 bits per heavy atom. The lowest BCUT2D eigenvalue weighted by Gasteiger charge is -2.07. The number of carbonyl (C=O) groups is 2. The van der Waals surface area contributed by atoms with Crippen LogP contribution in [0.4, 0.5) is 0 Å². The van der Waals surface area contributed by atoms with E-state index in [1.807, 2.05) is 27.7 Å². The molecule has 26 heteroatoms. The van der Waals surface area contributed by atoms with E-state index in [0.29, 0.717) is 19.5 Å². The maximum Gasteiger partial charge on any atom is 0.332 e. The molecule has 336 valence electrons. The molecule has 0 radical (unpaired) electrons. The highest BCUT2D eigenvalue weighted by Crippen LogP contribution is 2.11. The number of carboxylic acids is 1. The fourth-order valence-corrected chi connectivity index (χ4v) is 8.15. The molecule has 0 spiro atoms. The van der Waals surface area contributed by atoms with Crippen LogP contribution in [0, 0.1) is 0 Å². The molecule has 4 N–H and O–H groups in total. The zero-order valence-corrected chi connectivity index (χ0v) is 39.6. The standard InChI is InChI=1S/C14H16N6O3S.C9H10N4O4.C6H9NS.C5H8N2S.C3H2BrNS/c1-18-12-11(13(22)19(2)14(18)23)20(8-17-12)7-9(21)15-4-3-10-16-5-6-24-10;1-11-7-6(8(16)12(2)9(11)17)13(4-10-7)3-5(14)15;1-2-3-6-7-4-5-8-6;6-2-1-5-7-3-4-8-5;4-3-5-1-2-6-3/h5-6,8H,3-4,7H2,1-2H3,(H,15,21);4H,3H2,1-2H3,(H,14,15);4-5H,2-3H2,1H3;3-4H,1-2,6H2;1-2H. The molecule has 0 fully saturated rings. The number of rotatable bonds is 11. The quantitative estimate of drug-likeness (QED) is 0.168. The number of carboxylic acid groups (broad SMARTS) is 1. The number of nitrogens with zero attached hydrogens (tertiary/aromatic N) is 12. The number of hydrogen-bond acceptors (Lipinski definition) is 17. The minimum Gasteiger partial charge on any atom is -0.480 e. The maximum atomic E-state index is 12.3. The number of amides is 1. The largest absolute Gasteiger partial charge is 0.480 e. The molecule has 1 amide bonds. The van der Waals surface area contributed by atoms with Crippen molar-refractivity contribution >= 4 is 95.5 Å². The maximum absolute atomic E-state index is 12.3. The predicted octanol–water partition coefficient (Wildman–Crippen LogP) is 2.41. The Labute approximate surface area is 383 Å². The van der Waals surface area contributed by atoms with Gasteiger partial charge in [0.2, 0.25) is 5.91 Å². The van der Waals surface area contributed by atoms with Crippen LogP contribution in [0.3, 0.4) is 0 Å². The molecule has 8 aromatic heterocycles. The number of imidazole rings is 2. The second-order valence-corrected chi connectivity index (χ2v) is 18.0. The summed E-state index contributed by atoms with van der Waals surface area (Å²) in [6.45, 7) is 2.93. The van der Waals surface area contributed by atoms with E-state index in [1.165, 1.54) is 81.9 Å². The lowest BCUT2D eigenvalue weighted by atomic mass is 10.4. The summed E-state index contributed by atoms with van der Waals surface area (Å²) >= 11 is 9.70. The van der Waals surface area contributed by atoms with Gasteiger partial charge < -0.3 is 25.3 Å². The van der Waals surface area contributed by atoms with Crippen LogP contribution in [0.25, 0.3) is 22.3 Å². The summed E-state index contributed by atoms with van der Waals surface area (Å²) in [5.41, 5.74) is 4.09. The van der Waals surface area contributed by atoms with Crippen LogP contribution in [0.2, 0.25) is 0 Å². The van der Waals surface area contributed by atoms with Gasteiger partial charge in [0.15, 0.2) is 26.2 Å². The Morgan fingerprint density at radius 3 is 1.48 bits per heavy atom. The second kappa shape index (κ2) is 24.7. The third-order valence-corrected chi connectivity index (χ3v) is 12.2. The summed E-state index contributed by atoms with van der Waals surface area (Å²) in [6.07, 6.45) is 13.7. The molecule has 63 heavy (non-hydrogen) atoms. The number of aryl methyl sites for hydroxylation is 3. The van der Waals surface area contributed by atoms with Crippen LogP contribution in [0.15, 0.2) is 82.1 Å². The minimum absolute atomic E-state index is 0.0399. The Balaban J connectivity index is 0.000000192. The first-order valence-corrected chi connectivity index (χ1v) is 23.1. The van der Waals surface area contributed by atoms with Gasteiger partial charge in [-0.2, -0.15) is 0 Å². The summed E-state index contributed by atoms with van der Waals surface area (Å²) in [5, 5.41) is 22.6. The highest BCUT2D eigenvalue weighted by Gasteiger charge is 2.17. The predicted molar refractivity (Wildman–Crippen MR) is 248 cm³/mol. The zero-order chi connectivity index (χ0) is 46.1. The lowest BCUT2D eigenvalue weighted by molar-refractivity contribution is -0.137. The molecule has 8 rings (SSSR count). The fraction of sp³-hybridized carbons (Fsp3) is 0.351. The molecule has 0 saturated carbocycles.